The molecule has 3 aliphatic heterocycles. The van der Waals surface area contributed by atoms with Crippen molar-refractivity contribution in [2.75, 3.05) is 13.2 Å². The highest BCUT2D eigenvalue weighted by molar-refractivity contribution is 5.20. The van der Waals surface area contributed by atoms with Gasteiger partial charge in [0.25, 0.3) is 0 Å². The molecule has 0 amide bonds. The number of fused-ring (bicyclic) bond motifs is 5. The van der Waals surface area contributed by atoms with Crippen molar-refractivity contribution in [1.82, 2.24) is 0 Å². The standard InChI is InChI=1S/C48H82O17/c1-22(2)11-10-15-48(9,65-43-40(59)36(55)33(52)26(20-49)62-43)24-12-17-47(8)31(24)25(50)19-29-45(6)16-14-30(44(4,5)28(45)13-18-46(29,47)7)64-42-39(58)37(56)34(53)27(63-42)21-60-41-38(57)35(54)32(51)23(3)61-41/h11,23-43,49-59H,10,12-21H2,1-9H3/t23-,24+,25-,26-,27-,28-,29-,30-,31+,32-,33-,34-,35+,36+,37+,38-,39-,40-,41-,42+,43+,45-,46-,47+,48-/m0/s1. The number of rotatable bonds is 12. The maximum atomic E-state index is 12.6. The van der Waals surface area contributed by atoms with Crippen molar-refractivity contribution in [2.45, 2.75) is 230 Å². The van der Waals surface area contributed by atoms with Crippen LogP contribution in [0.3, 0.4) is 0 Å². The van der Waals surface area contributed by atoms with Gasteiger partial charge in [0.2, 0.25) is 0 Å². The number of ether oxygens (including phenoxy) is 6. The maximum absolute atomic E-state index is 12.6. The van der Waals surface area contributed by atoms with Crippen LogP contribution in [0.2, 0.25) is 0 Å². The Kier molecular flexibility index (Phi) is 15.2. The van der Waals surface area contributed by atoms with Gasteiger partial charge >= 0.3 is 0 Å². The van der Waals surface area contributed by atoms with Gasteiger partial charge in [-0.2, -0.15) is 0 Å². The Hall–Kier alpha value is -0.940. The molecule has 0 aromatic heterocycles. The van der Waals surface area contributed by atoms with Crippen LogP contribution in [0.15, 0.2) is 11.6 Å². The fourth-order valence-corrected chi connectivity index (χ4v) is 14.7. The minimum absolute atomic E-state index is 0.141. The number of aliphatic hydroxyl groups excluding tert-OH is 11. The third-order valence-corrected chi connectivity index (χ3v) is 18.7. The Bertz CT molecular complexity index is 1660. The van der Waals surface area contributed by atoms with E-state index >= 15 is 0 Å². The molecular weight excluding hydrogens is 849 g/mol. The third-order valence-electron chi connectivity index (χ3n) is 18.7. The molecule has 17 nitrogen and oxygen atoms in total. The van der Waals surface area contributed by atoms with Crippen molar-refractivity contribution in [1.29, 1.82) is 0 Å². The van der Waals surface area contributed by atoms with Gasteiger partial charge in [-0.25, -0.2) is 0 Å². The molecule has 0 radical (unpaired) electrons. The molecule has 11 N–H and O–H groups in total. The van der Waals surface area contributed by atoms with E-state index in [1.54, 1.807) is 0 Å². The molecule has 3 saturated heterocycles. The molecule has 17 heteroatoms. The number of allylic oxidation sites excluding steroid dienone is 2. The summed E-state index contributed by atoms with van der Waals surface area (Å²) in [6, 6.07) is 0. The van der Waals surface area contributed by atoms with Gasteiger partial charge in [0.1, 0.15) is 67.1 Å². The first-order chi connectivity index (χ1) is 30.3. The molecule has 4 aliphatic carbocycles. The highest BCUT2D eigenvalue weighted by Gasteiger charge is 2.72. The lowest BCUT2D eigenvalue weighted by Crippen LogP contribution is -2.67. The predicted octanol–water partition coefficient (Wildman–Crippen LogP) is 1.00. The lowest BCUT2D eigenvalue weighted by Gasteiger charge is -2.71. The lowest BCUT2D eigenvalue weighted by atomic mass is 9.35. The van der Waals surface area contributed by atoms with E-state index in [4.69, 9.17) is 28.4 Å². The summed E-state index contributed by atoms with van der Waals surface area (Å²) in [7, 11) is 0. The van der Waals surface area contributed by atoms with Crippen LogP contribution in [0.1, 0.15) is 120 Å². The van der Waals surface area contributed by atoms with Gasteiger partial charge in [-0.05, 0) is 131 Å². The Labute approximate surface area is 384 Å². The maximum Gasteiger partial charge on any atom is 0.187 e. The first-order valence-corrected chi connectivity index (χ1v) is 24.2. The van der Waals surface area contributed by atoms with Crippen LogP contribution in [-0.4, -0.2) is 179 Å². The van der Waals surface area contributed by atoms with Gasteiger partial charge in [0, 0.05) is 0 Å². The fraction of sp³-hybridized carbons (Fsp3) is 0.958. The summed E-state index contributed by atoms with van der Waals surface area (Å²) < 4.78 is 36.7. The number of hydrogen-bond acceptors (Lipinski definition) is 17. The van der Waals surface area contributed by atoms with Gasteiger partial charge in [-0.15, -0.1) is 0 Å². The second kappa shape index (κ2) is 19.0. The molecule has 376 valence electrons. The zero-order chi connectivity index (χ0) is 47.9. The van der Waals surface area contributed by atoms with E-state index in [2.05, 4.69) is 40.7 Å². The van der Waals surface area contributed by atoms with Crippen LogP contribution in [-0.2, 0) is 28.4 Å². The van der Waals surface area contributed by atoms with Gasteiger partial charge in [0.05, 0.1) is 37.1 Å². The molecule has 25 atom stereocenters. The van der Waals surface area contributed by atoms with Crippen LogP contribution in [0.25, 0.3) is 0 Å². The lowest BCUT2D eigenvalue weighted by molar-refractivity contribution is -0.345. The van der Waals surface area contributed by atoms with Gasteiger partial charge in [-0.3, -0.25) is 0 Å². The summed E-state index contributed by atoms with van der Waals surface area (Å²) in [5, 5.41) is 119. The minimum Gasteiger partial charge on any atom is -0.394 e. The quantitative estimate of drug-likeness (QED) is 0.0962. The molecular formula is C48H82O17. The molecule has 0 spiro atoms. The van der Waals surface area contributed by atoms with Crippen LogP contribution in [0, 0.1) is 45.3 Å². The average Bonchev–Trinajstić information content (AvgIpc) is 3.63. The van der Waals surface area contributed by atoms with E-state index in [1.807, 2.05) is 20.8 Å². The second-order valence-electron chi connectivity index (χ2n) is 22.9. The third kappa shape index (κ3) is 8.84. The predicted molar refractivity (Wildman–Crippen MR) is 232 cm³/mol. The minimum atomic E-state index is -1.64. The zero-order valence-electron chi connectivity index (χ0n) is 39.8. The Balaban J connectivity index is 1.08. The van der Waals surface area contributed by atoms with Crippen molar-refractivity contribution in [2.24, 2.45) is 45.3 Å². The van der Waals surface area contributed by atoms with Gasteiger partial charge in [-0.1, -0.05) is 46.3 Å². The largest absolute Gasteiger partial charge is 0.394 e. The molecule has 0 unspecified atom stereocenters. The summed E-state index contributed by atoms with van der Waals surface area (Å²) in [4.78, 5) is 0. The summed E-state index contributed by atoms with van der Waals surface area (Å²) in [5.41, 5.74) is -0.913. The molecule has 7 fully saturated rings. The Morgan fingerprint density at radius 3 is 1.89 bits per heavy atom. The molecule has 7 aliphatic rings. The van der Waals surface area contributed by atoms with Crippen LogP contribution in [0.4, 0.5) is 0 Å². The van der Waals surface area contributed by atoms with Crippen molar-refractivity contribution < 1.29 is 84.6 Å². The van der Waals surface area contributed by atoms with Crippen molar-refractivity contribution in [3.63, 3.8) is 0 Å². The van der Waals surface area contributed by atoms with E-state index in [-0.39, 0.29) is 46.5 Å². The van der Waals surface area contributed by atoms with Crippen molar-refractivity contribution in [3.8, 4) is 0 Å². The highest BCUT2D eigenvalue weighted by atomic mass is 16.7. The summed E-state index contributed by atoms with van der Waals surface area (Å²) in [6.45, 7) is 18.1. The highest BCUT2D eigenvalue weighted by Crippen LogP contribution is 2.76. The van der Waals surface area contributed by atoms with E-state index in [9.17, 15) is 56.2 Å². The normalized spacial score (nSPS) is 53.0. The molecule has 0 aromatic rings. The second-order valence-corrected chi connectivity index (χ2v) is 22.9. The molecule has 7 rings (SSSR count). The summed E-state index contributed by atoms with van der Waals surface area (Å²) in [6.07, 6.45) is -13.3. The summed E-state index contributed by atoms with van der Waals surface area (Å²) >= 11 is 0. The fourth-order valence-electron chi connectivity index (χ4n) is 14.7. The van der Waals surface area contributed by atoms with E-state index < -0.39 is 122 Å². The Morgan fingerprint density at radius 1 is 0.662 bits per heavy atom. The summed E-state index contributed by atoms with van der Waals surface area (Å²) in [5.74, 6) is -0.0150. The smallest absolute Gasteiger partial charge is 0.187 e. The Morgan fingerprint density at radius 2 is 1.25 bits per heavy atom. The molecule has 0 aromatic carbocycles. The van der Waals surface area contributed by atoms with E-state index in [1.165, 1.54) is 6.92 Å². The molecule has 3 heterocycles. The first kappa shape index (κ1) is 51.9. The number of hydrogen-bond donors (Lipinski definition) is 11. The van der Waals surface area contributed by atoms with Crippen molar-refractivity contribution >= 4 is 0 Å². The van der Waals surface area contributed by atoms with Crippen molar-refractivity contribution in [3.05, 3.63) is 11.6 Å². The van der Waals surface area contributed by atoms with Gasteiger partial charge < -0.3 is 84.6 Å². The van der Waals surface area contributed by atoms with Crippen LogP contribution >= 0.6 is 0 Å². The molecule has 0 bridgehead atoms. The topological polar surface area (TPSA) is 278 Å². The van der Waals surface area contributed by atoms with Crippen LogP contribution < -0.4 is 0 Å². The first-order valence-electron chi connectivity index (χ1n) is 24.2. The van der Waals surface area contributed by atoms with Crippen LogP contribution in [0.5, 0.6) is 0 Å². The SMILES string of the molecule is CC(C)=CCC[C@](C)(O[C@H]1O[C@@H](CO)[C@H](O)[C@@H](O)[C@@H]1O)[C@@H]1CC[C@]2(C)[C@H]1[C@@H](O)C[C@H]1[C@@]3(C)CC[C@H](O[C@H]4O[C@@H](CO[C@H]5O[C@@H](C)[C@H](O)[C@@H](O)[C@@H]5O)[C@H](O)[C@@H](O)[C@@H]4O)C(C)(C)[C@@H]3CC[C@@]12C. The van der Waals surface area contributed by atoms with E-state index in [0.29, 0.717) is 25.7 Å². The molecule has 4 saturated carbocycles. The monoisotopic (exact) mass is 931 g/mol. The number of aliphatic hydroxyl groups is 11. The van der Waals surface area contributed by atoms with Gasteiger partial charge in [0.15, 0.2) is 18.9 Å². The van der Waals surface area contributed by atoms with E-state index in [0.717, 1.165) is 37.7 Å². The average molecular weight is 931 g/mol. The zero-order valence-corrected chi connectivity index (χ0v) is 39.8. The molecule has 65 heavy (non-hydrogen) atoms.